The Kier molecular flexibility index (Phi) is 4.46. The van der Waals surface area contributed by atoms with Gasteiger partial charge in [0.25, 0.3) is 0 Å². The van der Waals surface area contributed by atoms with Crippen molar-refractivity contribution in [1.29, 1.82) is 0 Å². The van der Waals surface area contributed by atoms with Gasteiger partial charge in [0.1, 0.15) is 11.9 Å². The Morgan fingerprint density at radius 3 is 2.50 bits per heavy atom. The first-order chi connectivity index (χ1) is 8.17. The molecule has 0 aliphatic carbocycles. The minimum Gasteiger partial charge on any atom is -0.480 e. The molecule has 18 heavy (non-hydrogen) atoms. The maximum atomic E-state index is 13.3. The Balaban J connectivity index is 3.21. The fraction of sp³-hybridized carbons (Fsp3) is 0.300. The highest BCUT2D eigenvalue weighted by molar-refractivity contribution is 9.10. The van der Waals surface area contributed by atoms with Crippen molar-refractivity contribution in [1.82, 2.24) is 4.31 Å². The van der Waals surface area contributed by atoms with Gasteiger partial charge in [-0.1, -0.05) is 0 Å². The molecule has 1 aromatic rings. The van der Waals surface area contributed by atoms with Crippen molar-refractivity contribution in [3.8, 4) is 0 Å². The predicted molar refractivity (Wildman–Crippen MR) is 66.1 cm³/mol. The van der Waals surface area contributed by atoms with Crippen LogP contribution in [0.1, 0.15) is 6.92 Å². The maximum absolute atomic E-state index is 13.3. The summed E-state index contributed by atoms with van der Waals surface area (Å²) in [5.74, 6) is -2.01. The molecule has 1 rings (SSSR count). The third-order valence-corrected chi connectivity index (χ3v) is 5.04. The second-order valence-electron chi connectivity index (χ2n) is 3.61. The first-order valence-corrected chi connectivity index (χ1v) is 7.07. The molecule has 0 fully saturated rings. The molecular weight excluding hydrogens is 329 g/mol. The molecule has 0 spiro atoms. The van der Waals surface area contributed by atoms with E-state index < -0.39 is 27.9 Å². The first-order valence-electron chi connectivity index (χ1n) is 4.84. The number of rotatable bonds is 4. The summed E-state index contributed by atoms with van der Waals surface area (Å²) in [6, 6.07) is 2.06. The van der Waals surface area contributed by atoms with Crippen LogP contribution in [0, 0.1) is 5.82 Å². The third kappa shape index (κ3) is 2.88. The van der Waals surface area contributed by atoms with Crippen LogP contribution in [0.15, 0.2) is 27.6 Å². The normalized spacial score (nSPS) is 13.6. The van der Waals surface area contributed by atoms with Crippen molar-refractivity contribution in [2.24, 2.45) is 0 Å². The Bertz CT molecular complexity index is 575. The van der Waals surface area contributed by atoms with Crippen LogP contribution in [0.3, 0.4) is 0 Å². The molecule has 1 unspecified atom stereocenters. The highest BCUT2D eigenvalue weighted by atomic mass is 79.9. The van der Waals surface area contributed by atoms with Crippen molar-refractivity contribution >= 4 is 31.9 Å². The van der Waals surface area contributed by atoms with Gasteiger partial charge in [0, 0.05) is 7.05 Å². The summed E-state index contributed by atoms with van der Waals surface area (Å²) in [5.41, 5.74) is 0. The van der Waals surface area contributed by atoms with Gasteiger partial charge in [-0.05, 0) is 41.1 Å². The maximum Gasteiger partial charge on any atom is 0.321 e. The largest absolute Gasteiger partial charge is 0.480 e. The van der Waals surface area contributed by atoms with E-state index >= 15 is 0 Å². The van der Waals surface area contributed by atoms with Crippen molar-refractivity contribution in [3.05, 3.63) is 28.5 Å². The molecule has 0 saturated heterocycles. The van der Waals surface area contributed by atoms with Crippen LogP contribution in [0.5, 0.6) is 0 Å². The lowest BCUT2D eigenvalue weighted by molar-refractivity contribution is -0.140. The van der Waals surface area contributed by atoms with Crippen molar-refractivity contribution in [2.45, 2.75) is 17.9 Å². The average Bonchev–Trinajstić information content (AvgIpc) is 2.30. The zero-order valence-electron chi connectivity index (χ0n) is 9.59. The summed E-state index contributed by atoms with van der Waals surface area (Å²) < 4.78 is 38.1. The molecule has 0 aliphatic rings. The van der Waals surface area contributed by atoms with Crippen LogP contribution in [-0.2, 0) is 14.8 Å². The molecule has 0 radical (unpaired) electrons. The van der Waals surface area contributed by atoms with E-state index in [0.717, 1.165) is 13.1 Å². The van der Waals surface area contributed by atoms with Crippen molar-refractivity contribution in [2.75, 3.05) is 7.05 Å². The molecular formula is C10H11BrFNO4S. The second-order valence-corrected chi connectivity index (χ2v) is 6.46. The molecule has 1 atom stereocenters. The smallest absolute Gasteiger partial charge is 0.321 e. The zero-order chi connectivity index (χ0) is 14.1. The number of benzene rings is 1. The molecule has 0 amide bonds. The van der Waals surface area contributed by atoms with Gasteiger partial charge in [0.15, 0.2) is 0 Å². The molecule has 0 aromatic heterocycles. The van der Waals surface area contributed by atoms with E-state index in [1.807, 2.05) is 0 Å². The third-order valence-electron chi connectivity index (χ3n) is 2.47. The monoisotopic (exact) mass is 339 g/mol. The van der Waals surface area contributed by atoms with Gasteiger partial charge in [-0.15, -0.1) is 0 Å². The summed E-state index contributed by atoms with van der Waals surface area (Å²) in [5, 5.41) is 8.77. The Hall–Kier alpha value is -0.990. The lowest BCUT2D eigenvalue weighted by Crippen LogP contribution is -2.40. The van der Waals surface area contributed by atoms with E-state index in [1.165, 1.54) is 19.1 Å². The number of nitrogens with zero attached hydrogens (tertiary/aromatic N) is 1. The lowest BCUT2D eigenvalue weighted by atomic mass is 10.3. The predicted octanol–water partition coefficient (Wildman–Crippen LogP) is 1.68. The fourth-order valence-electron chi connectivity index (χ4n) is 1.17. The second kappa shape index (κ2) is 5.33. The summed E-state index contributed by atoms with van der Waals surface area (Å²) in [6.07, 6.45) is 0. The van der Waals surface area contributed by atoms with E-state index in [2.05, 4.69) is 15.9 Å². The SMILES string of the molecule is CC(C(=O)O)N(C)S(=O)(=O)c1ccc(Br)c(F)c1. The van der Waals surface area contributed by atoms with Gasteiger partial charge in [-0.2, -0.15) is 4.31 Å². The Morgan fingerprint density at radius 1 is 1.50 bits per heavy atom. The number of likely N-dealkylation sites (N-methyl/N-ethyl adjacent to an activating group) is 1. The van der Waals surface area contributed by atoms with Crippen molar-refractivity contribution < 1.29 is 22.7 Å². The van der Waals surface area contributed by atoms with Gasteiger partial charge in [-0.3, -0.25) is 4.79 Å². The number of aliphatic carboxylic acids is 1. The number of sulfonamides is 1. The molecule has 1 N–H and O–H groups in total. The zero-order valence-corrected chi connectivity index (χ0v) is 12.0. The molecule has 0 saturated carbocycles. The van der Waals surface area contributed by atoms with Crippen molar-refractivity contribution in [3.63, 3.8) is 0 Å². The molecule has 8 heteroatoms. The highest BCUT2D eigenvalue weighted by Crippen LogP contribution is 2.22. The standard InChI is InChI=1S/C10H11BrFNO4S/c1-6(10(14)15)13(2)18(16,17)7-3-4-8(11)9(12)5-7/h3-6H,1-2H3,(H,14,15). The molecule has 1 aromatic carbocycles. The number of halogens is 2. The summed E-state index contributed by atoms with van der Waals surface area (Å²) in [7, 11) is -2.90. The summed E-state index contributed by atoms with van der Waals surface area (Å²) >= 11 is 2.91. The van der Waals surface area contributed by atoms with Gasteiger partial charge >= 0.3 is 5.97 Å². The number of hydrogen-bond acceptors (Lipinski definition) is 3. The minimum absolute atomic E-state index is 0.135. The van der Waals surface area contributed by atoms with E-state index in [1.54, 1.807) is 0 Å². The van der Waals surface area contributed by atoms with Crippen LogP contribution < -0.4 is 0 Å². The molecule has 0 aliphatic heterocycles. The number of hydrogen-bond donors (Lipinski definition) is 1. The van der Waals surface area contributed by atoms with Crippen LogP contribution in [-0.4, -0.2) is 36.9 Å². The number of carboxylic acid groups (broad SMARTS) is 1. The van der Waals surface area contributed by atoms with E-state index in [4.69, 9.17) is 5.11 Å². The Morgan fingerprint density at radius 2 is 2.06 bits per heavy atom. The van der Waals surface area contributed by atoms with Crippen LogP contribution in [0.4, 0.5) is 4.39 Å². The van der Waals surface area contributed by atoms with Gasteiger partial charge in [-0.25, -0.2) is 12.8 Å². The van der Waals surface area contributed by atoms with Gasteiger partial charge < -0.3 is 5.11 Å². The number of carboxylic acids is 1. The quantitative estimate of drug-likeness (QED) is 0.905. The summed E-state index contributed by atoms with van der Waals surface area (Å²) in [6.45, 7) is 1.23. The van der Waals surface area contributed by atoms with E-state index in [0.29, 0.717) is 4.31 Å². The lowest BCUT2D eigenvalue weighted by Gasteiger charge is -2.21. The average molecular weight is 340 g/mol. The molecule has 5 nitrogen and oxygen atoms in total. The topological polar surface area (TPSA) is 74.7 Å². The first kappa shape index (κ1) is 15.1. The number of carbonyl (C=O) groups is 1. The van der Waals surface area contributed by atoms with E-state index in [-0.39, 0.29) is 9.37 Å². The van der Waals surface area contributed by atoms with Gasteiger partial charge in [0.05, 0.1) is 9.37 Å². The highest BCUT2D eigenvalue weighted by Gasteiger charge is 2.29. The van der Waals surface area contributed by atoms with Crippen LogP contribution in [0.2, 0.25) is 0 Å². The van der Waals surface area contributed by atoms with E-state index in [9.17, 15) is 17.6 Å². The fourth-order valence-corrected chi connectivity index (χ4v) is 2.75. The van der Waals surface area contributed by atoms with Crippen LogP contribution in [0.25, 0.3) is 0 Å². The summed E-state index contributed by atoms with van der Waals surface area (Å²) in [4.78, 5) is 10.5. The molecule has 100 valence electrons. The molecule has 0 heterocycles. The van der Waals surface area contributed by atoms with Crippen LogP contribution >= 0.6 is 15.9 Å². The Labute approximate surface area is 112 Å². The molecule has 0 bridgehead atoms. The minimum atomic E-state index is -4.03. The van der Waals surface area contributed by atoms with Gasteiger partial charge in [0.2, 0.25) is 10.0 Å².